The Labute approximate surface area is 113 Å². The van der Waals surface area contributed by atoms with E-state index in [4.69, 9.17) is 0 Å². The van der Waals surface area contributed by atoms with Gasteiger partial charge in [-0.3, -0.25) is 0 Å². The fraction of sp³-hybridized carbons (Fsp3) is 0.143. The van der Waals surface area contributed by atoms with Crippen molar-refractivity contribution in [1.29, 1.82) is 0 Å². The molecule has 88 valence electrons. The number of halogens is 2. The lowest BCUT2D eigenvalue weighted by Gasteiger charge is -2.13. The van der Waals surface area contributed by atoms with Crippen molar-refractivity contribution in [3.05, 3.63) is 69.0 Å². The largest absolute Gasteiger partial charge is 0.388 e. The molecule has 0 saturated carbocycles. The van der Waals surface area contributed by atoms with Crippen LogP contribution in [0.2, 0.25) is 0 Å². The molecule has 0 amide bonds. The molecule has 2 rings (SSSR count). The first-order valence-electron chi connectivity index (χ1n) is 5.34. The molecule has 17 heavy (non-hydrogen) atoms. The van der Waals surface area contributed by atoms with Gasteiger partial charge in [-0.25, -0.2) is 4.39 Å². The zero-order valence-corrected chi connectivity index (χ0v) is 11.3. The normalized spacial score (nSPS) is 12.4. The molecule has 2 aromatic carbocycles. The highest BCUT2D eigenvalue weighted by Crippen LogP contribution is 2.23. The van der Waals surface area contributed by atoms with Gasteiger partial charge in [0.05, 0.1) is 6.10 Å². The zero-order valence-electron chi connectivity index (χ0n) is 9.11. The number of aliphatic hydroxyl groups excluding tert-OH is 1. The lowest BCUT2D eigenvalue weighted by molar-refractivity contribution is 0.176. The number of hydrogen-bond donors (Lipinski definition) is 1. The smallest absolute Gasteiger partial charge is 0.126 e. The molecule has 0 aliphatic rings. The Morgan fingerprint density at radius 1 is 1.06 bits per heavy atom. The van der Waals surface area contributed by atoms with Crippen molar-refractivity contribution in [2.75, 3.05) is 0 Å². The van der Waals surface area contributed by atoms with E-state index in [-0.39, 0.29) is 5.82 Å². The van der Waals surface area contributed by atoms with Gasteiger partial charge in [0.25, 0.3) is 0 Å². The van der Waals surface area contributed by atoms with Crippen molar-refractivity contribution in [2.24, 2.45) is 0 Å². The lowest BCUT2D eigenvalue weighted by Crippen LogP contribution is -2.05. The van der Waals surface area contributed by atoms with E-state index in [0.29, 0.717) is 12.0 Å². The minimum absolute atomic E-state index is 0.266. The SMILES string of the molecule is OC(Cc1ccccc1F)c1ccccc1I. The van der Waals surface area contributed by atoms with E-state index < -0.39 is 6.10 Å². The van der Waals surface area contributed by atoms with E-state index in [1.807, 2.05) is 24.3 Å². The van der Waals surface area contributed by atoms with E-state index in [0.717, 1.165) is 9.13 Å². The summed E-state index contributed by atoms with van der Waals surface area (Å²) in [4.78, 5) is 0. The van der Waals surface area contributed by atoms with E-state index >= 15 is 0 Å². The monoisotopic (exact) mass is 342 g/mol. The van der Waals surface area contributed by atoms with Crippen molar-refractivity contribution in [2.45, 2.75) is 12.5 Å². The molecule has 1 atom stereocenters. The maximum Gasteiger partial charge on any atom is 0.126 e. The Kier molecular flexibility index (Phi) is 4.12. The van der Waals surface area contributed by atoms with Crippen LogP contribution in [-0.2, 0) is 6.42 Å². The van der Waals surface area contributed by atoms with Gasteiger partial charge in [0.2, 0.25) is 0 Å². The van der Waals surface area contributed by atoms with Gasteiger partial charge in [-0.05, 0) is 45.9 Å². The van der Waals surface area contributed by atoms with E-state index in [1.165, 1.54) is 6.07 Å². The second-order valence-electron chi connectivity index (χ2n) is 3.83. The van der Waals surface area contributed by atoms with Gasteiger partial charge in [-0.1, -0.05) is 36.4 Å². The summed E-state index contributed by atoms with van der Waals surface area (Å²) in [6.07, 6.45) is -0.368. The highest BCUT2D eigenvalue weighted by atomic mass is 127. The molecule has 0 radical (unpaired) electrons. The molecule has 2 aromatic rings. The van der Waals surface area contributed by atoms with Crippen LogP contribution in [-0.4, -0.2) is 5.11 Å². The molecular weight excluding hydrogens is 330 g/mol. The molecule has 0 bridgehead atoms. The third-order valence-corrected chi connectivity index (χ3v) is 3.62. The Morgan fingerprint density at radius 2 is 1.71 bits per heavy atom. The average Bonchev–Trinajstić information content (AvgIpc) is 2.32. The predicted octanol–water partition coefficient (Wildman–Crippen LogP) is 3.71. The fourth-order valence-corrected chi connectivity index (χ4v) is 2.47. The first-order chi connectivity index (χ1) is 8.18. The second kappa shape index (κ2) is 5.60. The van der Waals surface area contributed by atoms with Crippen LogP contribution in [0, 0.1) is 9.39 Å². The Balaban J connectivity index is 2.20. The minimum atomic E-state index is -0.667. The van der Waals surface area contributed by atoms with Gasteiger partial charge >= 0.3 is 0 Å². The molecule has 0 aliphatic heterocycles. The quantitative estimate of drug-likeness (QED) is 0.844. The maximum atomic E-state index is 13.5. The van der Waals surface area contributed by atoms with Crippen molar-refractivity contribution < 1.29 is 9.50 Å². The summed E-state index contributed by atoms with van der Waals surface area (Å²) in [6.45, 7) is 0. The van der Waals surface area contributed by atoms with Crippen LogP contribution in [0.15, 0.2) is 48.5 Å². The average molecular weight is 342 g/mol. The first kappa shape index (κ1) is 12.5. The first-order valence-corrected chi connectivity index (χ1v) is 6.42. The number of rotatable bonds is 3. The highest BCUT2D eigenvalue weighted by Gasteiger charge is 2.13. The maximum absolute atomic E-state index is 13.5. The molecule has 0 aromatic heterocycles. The van der Waals surface area contributed by atoms with Gasteiger partial charge in [-0.15, -0.1) is 0 Å². The number of benzene rings is 2. The van der Waals surface area contributed by atoms with Crippen LogP contribution in [0.5, 0.6) is 0 Å². The lowest BCUT2D eigenvalue weighted by atomic mass is 10.0. The topological polar surface area (TPSA) is 20.2 Å². The van der Waals surface area contributed by atoms with E-state index in [2.05, 4.69) is 22.6 Å². The third kappa shape index (κ3) is 3.04. The van der Waals surface area contributed by atoms with Gasteiger partial charge in [0.15, 0.2) is 0 Å². The van der Waals surface area contributed by atoms with Crippen LogP contribution in [0.3, 0.4) is 0 Å². The van der Waals surface area contributed by atoms with Crippen molar-refractivity contribution >= 4 is 22.6 Å². The fourth-order valence-electron chi connectivity index (χ4n) is 1.73. The van der Waals surface area contributed by atoms with Crippen molar-refractivity contribution in [3.63, 3.8) is 0 Å². The summed E-state index contributed by atoms with van der Waals surface area (Å²) in [5.74, 6) is -0.266. The van der Waals surface area contributed by atoms with E-state index in [9.17, 15) is 9.50 Å². The Hall–Kier alpha value is -0.940. The van der Waals surface area contributed by atoms with Crippen molar-refractivity contribution in [3.8, 4) is 0 Å². The molecule has 1 unspecified atom stereocenters. The molecule has 0 fully saturated rings. The van der Waals surface area contributed by atoms with Crippen LogP contribution >= 0.6 is 22.6 Å². The Morgan fingerprint density at radius 3 is 2.41 bits per heavy atom. The number of aliphatic hydroxyl groups is 1. The van der Waals surface area contributed by atoms with Gasteiger partial charge < -0.3 is 5.11 Å². The third-order valence-electron chi connectivity index (χ3n) is 2.64. The van der Waals surface area contributed by atoms with Crippen LogP contribution in [0.25, 0.3) is 0 Å². The van der Waals surface area contributed by atoms with Crippen LogP contribution in [0.4, 0.5) is 4.39 Å². The molecular formula is C14H12FIO. The summed E-state index contributed by atoms with van der Waals surface area (Å²) in [5.41, 5.74) is 1.39. The highest BCUT2D eigenvalue weighted by molar-refractivity contribution is 14.1. The predicted molar refractivity (Wildman–Crippen MR) is 74.2 cm³/mol. The van der Waals surface area contributed by atoms with Crippen molar-refractivity contribution in [1.82, 2.24) is 0 Å². The minimum Gasteiger partial charge on any atom is -0.388 e. The van der Waals surface area contributed by atoms with Gasteiger partial charge in [0.1, 0.15) is 5.82 Å². The van der Waals surface area contributed by atoms with Gasteiger partial charge in [-0.2, -0.15) is 0 Å². The van der Waals surface area contributed by atoms with Crippen LogP contribution < -0.4 is 0 Å². The summed E-state index contributed by atoms with van der Waals surface area (Å²) in [7, 11) is 0. The van der Waals surface area contributed by atoms with Crippen LogP contribution in [0.1, 0.15) is 17.2 Å². The van der Waals surface area contributed by atoms with Gasteiger partial charge in [0, 0.05) is 9.99 Å². The number of hydrogen-bond acceptors (Lipinski definition) is 1. The summed E-state index contributed by atoms with van der Waals surface area (Å²) in [5, 5.41) is 10.1. The summed E-state index contributed by atoms with van der Waals surface area (Å²) < 4.78 is 14.4. The molecule has 3 heteroatoms. The molecule has 0 aliphatic carbocycles. The van der Waals surface area contributed by atoms with E-state index in [1.54, 1.807) is 18.2 Å². The second-order valence-corrected chi connectivity index (χ2v) is 5.00. The Bertz CT molecular complexity index is 513. The molecule has 1 N–H and O–H groups in total. The summed E-state index contributed by atoms with van der Waals surface area (Å²) in [6, 6.07) is 14.1. The molecule has 0 saturated heterocycles. The summed E-state index contributed by atoms with van der Waals surface area (Å²) >= 11 is 2.17. The molecule has 0 spiro atoms. The molecule has 0 heterocycles. The zero-order chi connectivity index (χ0) is 12.3. The molecule has 1 nitrogen and oxygen atoms in total. The standard InChI is InChI=1S/C14H12FIO/c15-12-7-3-1-5-10(12)9-14(17)11-6-2-4-8-13(11)16/h1-8,14,17H,9H2.